The molecular formula is C6H2Cl3OZr. The Morgan fingerprint density at radius 1 is 1.18 bits per heavy atom. The van der Waals surface area contributed by atoms with Crippen LogP contribution < -0.4 is 4.74 Å². The fourth-order valence-electron chi connectivity index (χ4n) is 0.678. The summed E-state index contributed by atoms with van der Waals surface area (Å²) in [6.07, 6.45) is 0. The van der Waals surface area contributed by atoms with Crippen LogP contribution in [0.2, 0.25) is 10.0 Å². The summed E-state index contributed by atoms with van der Waals surface area (Å²) >= 11 is 12.3. The van der Waals surface area contributed by atoms with Gasteiger partial charge in [-0.3, -0.25) is 0 Å². The van der Waals surface area contributed by atoms with Gasteiger partial charge in [0.1, 0.15) is 5.02 Å². The van der Waals surface area contributed by atoms with Crippen molar-refractivity contribution >= 4 is 31.7 Å². The first-order valence-electron chi connectivity index (χ1n) is 2.64. The number of benzene rings is 1. The van der Waals surface area contributed by atoms with E-state index in [1.807, 2.05) is 0 Å². The van der Waals surface area contributed by atoms with Crippen LogP contribution in [0.4, 0.5) is 0 Å². The first kappa shape index (κ1) is 9.86. The third kappa shape index (κ3) is 2.12. The van der Waals surface area contributed by atoms with Crippen LogP contribution in [0.15, 0.2) is 12.1 Å². The van der Waals surface area contributed by atoms with Gasteiger partial charge in [-0.05, 0) is 12.1 Å². The van der Waals surface area contributed by atoms with Gasteiger partial charge < -0.3 is 4.74 Å². The Hall–Kier alpha value is 0.773. The van der Waals surface area contributed by atoms with Crippen LogP contribution in [0.25, 0.3) is 0 Å². The minimum atomic E-state index is 0.522. The second-order valence-electron chi connectivity index (χ2n) is 1.79. The molecule has 11 heavy (non-hydrogen) atoms. The normalized spacial score (nSPS) is 10.4. The Labute approximate surface area is 93.0 Å². The molecule has 5 heteroatoms. The molecule has 1 aromatic carbocycles. The maximum atomic E-state index is 5.67. The summed E-state index contributed by atoms with van der Waals surface area (Å²) in [7, 11) is 4.73. The molecule has 0 radical (unpaired) electrons. The SMILES string of the molecule is Clc1ccc2c(c1Cl)O2.[Cl][Zr]. The first-order chi connectivity index (χ1) is 5.29. The van der Waals surface area contributed by atoms with E-state index >= 15 is 0 Å². The van der Waals surface area contributed by atoms with Crippen molar-refractivity contribution in [3.05, 3.63) is 22.2 Å². The molecule has 2 rings (SSSR count). The Morgan fingerprint density at radius 2 is 1.82 bits per heavy atom. The second-order valence-corrected chi connectivity index (χ2v) is 2.58. The van der Waals surface area contributed by atoms with Crippen LogP contribution in [0.1, 0.15) is 0 Å². The molecule has 0 fully saturated rings. The molecule has 0 saturated carbocycles. The molecule has 1 aromatic rings. The monoisotopic (exact) mass is 285 g/mol. The van der Waals surface area contributed by atoms with Crippen molar-refractivity contribution in [1.82, 2.24) is 0 Å². The van der Waals surface area contributed by atoms with Crippen molar-refractivity contribution in [1.29, 1.82) is 0 Å². The minimum absolute atomic E-state index is 0.522. The van der Waals surface area contributed by atoms with Crippen LogP contribution in [0, 0.1) is 0 Å². The van der Waals surface area contributed by atoms with Gasteiger partial charge >= 0.3 is 32.0 Å². The number of fused-ring (bicyclic) bond motifs is 1. The third-order valence-electron chi connectivity index (χ3n) is 1.18. The van der Waals surface area contributed by atoms with E-state index in [4.69, 9.17) is 36.5 Å². The zero-order valence-electron chi connectivity index (χ0n) is 5.20. The van der Waals surface area contributed by atoms with E-state index in [1.54, 1.807) is 12.1 Å². The average molecular weight is 288 g/mol. The molecule has 0 aromatic heterocycles. The van der Waals surface area contributed by atoms with Gasteiger partial charge in [-0.1, -0.05) is 23.2 Å². The third-order valence-corrected chi connectivity index (χ3v) is 1.97. The molecule has 1 aliphatic rings. The van der Waals surface area contributed by atoms with Crippen molar-refractivity contribution < 1.29 is 28.3 Å². The number of hydrogen-bond donors (Lipinski definition) is 0. The van der Waals surface area contributed by atoms with E-state index in [1.165, 1.54) is 0 Å². The number of hydrogen-bond acceptors (Lipinski definition) is 1. The van der Waals surface area contributed by atoms with E-state index in [2.05, 4.69) is 0 Å². The Morgan fingerprint density at radius 3 is 2.36 bits per heavy atom. The van der Waals surface area contributed by atoms with Gasteiger partial charge in [-0.25, -0.2) is 0 Å². The Kier molecular flexibility index (Phi) is 3.71. The summed E-state index contributed by atoms with van der Waals surface area (Å²) < 4.78 is 4.93. The summed E-state index contributed by atoms with van der Waals surface area (Å²) in [5.41, 5.74) is 0. The summed E-state index contributed by atoms with van der Waals surface area (Å²) in [4.78, 5) is 0. The molecule has 57 valence electrons. The molecule has 1 nitrogen and oxygen atoms in total. The van der Waals surface area contributed by atoms with E-state index in [0.717, 1.165) is 35.0 Å². The molecule has 0 atom stereocenters. The van der Waals surface area contributed by atoms with E-state index < -0.39 is 0 Å². The topological polar surface area (TPSA) is 12.5 Å². The number of ether oxygens (including phenoxy) is 1. The van der Waals surface area contributed by atoms with E-state index in [-0.39, 0.29) is 0 Å². The van der Waals surface area contributed by atoms with E-state index in [9.17, 15) is 0 Å². The zero-order valence-corrected chi connectivity index (χ0v) is 9.92. The predicted molar refractivity (Wildman–Crippen MR) is 42.4 cm³/mol. The van der Waals surface area contributed by atoms with Crippen LogP contribution in [-0.2, 0) is 23.5 Å². The molecular weight excluding hydrogens is 286 g/mol. The van der Waals surface area contributed by atoms with Crippen molar-refractivity contribution in [3.63, 3.8) is 0 Å². The first-order valence-corrected chi connectivity index (χ1v) is 6.56. The standard InChI is InChI=1S/C6H2Cl2O.ClH.Zr/c7-3-1-2-4-6(9-4)5(3)8;;/h1-2H;1H;/q;;+1/p-1. The van der Waals surface area contributed by atoms with Crippen molar-refractivity contribution in [3.8, 4) is 11.5 Å². The fraction of sp³-hybridized carbons (Fsp3) is 0. The van der Waals surface area contributed by atoms with Crippen molar-refractivity contribution in [2.75, 3.05) is 0 Å². The number of rotatable bonds is 0. The summed E-state index contributed by atoms with van der Waals surface area (Å²) in [5.74, 6) is 1.56. The van der Waals surface area contributed by atoms with Crippen LogP contribution >= 0.6 is 31.7 Å². The summed E-state index contributed by atoms with van der Waals surface area (Å²) in [6.45, 7) is 0. The van der Waals surface area contributed by atoms with Gasteiger partial charge in [0, 0.05) is 0 Å². The maximum absolute atomic E-state index is 5.67. The molecule has 0 amide bonds. The zero-order chi connectivity index (χ0) is 8.43. The van der Waals surface area contributed by atoms with Gasteiger partial charge in [-0.15, -0.1) is 0 Å². The van der Waals surface area contributed by atoms with Crippen molar-refractivity contribution in [2.24, 2.45) is 0 Å². The van der Waals surface area contributed by atoms with E-state index in [0.29, 0.717) is 10.0 Å². The number of halogens is 3. The quantitative estimate of drug-likeness (QED) is 0.672. The fourth-order valence-corrected chi connectivity index (χ4v) is 1.02. The molecule has 0 N–H and O–H groups in total. The Balaban J connectivity index is 0.000000281. The molecule has 1 heterocycles. The summed E-state index contributed by atoms with van der Waals surface area (Å²) in [5, 5.41) is 1.07. The van der Waals surface area contributed by atoms with Gasteiger partial charge in [0.25, 0.3) is 0 Å². The van der Waals surface area contributed by atoms with Gasteiger partial charge in [0.15, 0.2) is 11.5 Å². The summed E-state index contributed by atoms with van der Waals surface area (Å²) in [6, 6.07) is 3.51. The van der Waals surface area contributed by atoms with Gasteiger partial charge in [0.2, 0.25) is 0 Å². The van der Waals surface area contributed by atoms with Gasteiger partial charge in [0.05, 0.1) is 5.02 Å². The van der Waals surface area contributed by atoms with Gasteiger partial charge in [-0.2, -0.15) is 0 Å². The van der Waals surface area contributed by atoms with Crippen LogP contribution in [0.5, 0.6) is 11.5 Å². The molecule has 0 aliphatic carbocycles. The Bertz CT molecular complexity index is 273. The van der Waals surface area contributed by atoms with Crippen molar-refractivity contribution in [2.45, 2.75) is 0 Å². The molecule has 1 aliphatic heterocycles. The predicted octanol–water partition coefficient (Wildman–Crippen LogP) is 3.79. The molecule has 0 saturated heterocycles. The molecule has 0 bridgehead atoms. The van der Waals surface area contributed by atoms with Crippen LogP contribution in [-0.4, -0.2) is 0 Å². The molecule has 0 spiro atoms. The average Bonchev–Trinajstić information content (AvgIpc) is 2.81. The molecule has 0 unspecified atom stereocenters. The van der Waals surface area contributed by atoms with Crippen LogP contribution in [0.3, 0.4) is 0 Å². The second kappa shape index (κ2) is 4.14.